The van der Waals surface area contributed by atoms with Crippen LogP contribution in [-0.2, 0) is 22.6 Å². The SMILES string of the molecule is CCn1c(=O)c2ccccc2n2c(CN(C)CC(=O)NCCCOC)nnc12. The Morgan fingerprint density at radius 1 is 1.29 bits per heavy atom. The van der Waals surface area contributed by atoms with Crippen molar-refractivity contribution in [3.63, 3.8) is 0 Å². The molecule has 3 rings (SSSR count). The maximum atomic E-state index is 12.7. The van der Waals surface area contributed by atoms with Gasteiger partial charge in [0.1, 0.15) is 0 Å². The number of amides is 1. The Morgan fingerprint density at radius 3 is 2.82 bits per heavy atom. The minimum absolute atomic E-state index is 0.0530. The number of nitrogens with one attached hydrogen (secondary N) is 1. The predicted octanol–water partition coefficient (Wildman–Crippen LogP) is 0.649. The molecular weight excluding hydrogens is 360 g/mol. The summed E-state index contributed by atoms with van der Waals surface area (Å²) in [6, 6.07) is 7.43. The average Bonchev–Trinajstić information content (AvgIpc) is 3.09. The van der Waals surface area contributed by atoms with Gasteiger partial charge in [0.05, 0.1) is 24.0 Å². The Kier molecular flexibility index (Phi) is 6.37. The number of ether oxygens (including phenoxy) is 1. The number of nitrogens with zero attached hydrogens (tertiary/aromatic N) is 5. The van der Waals surface area contributed by atoms with Gasteiger partial charge in [0, 0.05) is 26.8 Å². The second-order valence-corrected chi connectivity index (χ2v) is 6.69. The van der Waals surface area contributed by atoms with Crippen LogP contribution in [0.1, 0.15) is 19.2 Å². The zero-order valence-electron chi connectivity index (χ0n) is 16.5. The van der Waals surface area contributed by atoms with Gasteiger partial charge in [0.25, 0.3) is 5.56 Å². The number of likely N-dealkylation sites (N-methyl/N-ethyl adjacent to an activating group) is 1. The van der Waals surface area contributed by atoms with Crippen LogP contribution in [-0.4, -0.2) is 63.8 Å². The molecule has 0 bridgehead atoms. The molecule has 0 spiro atoms. The van der Waals surface area contributed by atoms with Crippen molar-refractivity contribution in [2.45, 2.75) is 26.4 Å². The van der Waals surface area contributed by atoms with E-state index in [0.717, 1.165) is 11.9 Å². The molecule has 0 saturated carbocycles. The third kappa shape index (κ3) is 4.05. The smallest absolute Gasteiger partial charge is 0.262 e. The van der Waals surface area contributed by atoms with Crippen molar-refractivity contribution in [2.75, 3.05) is 33.9 Å². The first-order valence-corrected chi connectivity index (χ1v) is 9.36. The van der Waals surface area contributed by atoms with Crippen LogP contribution < -0.4 is 10.9 Å². The summed E-state index contributed by atoms with van der Waals surface area (Å²) in [5.74, 6) is 1.14. The van der Waals surface area contributed by atoms with Gasteiger partial charge in [-0.1, -0.05) is 12.1 Å². The zero-order chi connectivity index (χ0) is 20.1. The van der Waals surface area contributed by atoms with Crippen molar-refractivity contribution < 1.29 is 9.53 Å². The Morgan fingerprint density at radius 2 is 2.07 bits per heavy atom. The van der Waals surface area contributed by atoms with E-state index in [0.29, 0.717) is 43.2 Å². The van der Waals surface area contributed by atoms with Crippen molar-refractivity contribution in [2.24, 2.45) is 0 Å². The fraction of sp³-hybridized carbons (Fsp3) is 0.474. The van der Waals surface area contributed by atoms with Gasteiger partial charge >= 0.3 is 0 Å². The summed E-state index contributed by atoms with van der Waals surface area (Å²) in [6.07, 6.45) is 0.779. The van der Waals surface area contributed by atoms with Gasteiger partial charge in [-0.3, -0.25) is 23.5 Å². The molecule has 0 unspecified atom stereocenters. The van der Waals surface area contributed by atoms with E-state index in [4.69, 9.17) is 4.74 Å². The van der Waals surface area contributed by atoms with Crippen LogP contribution in [0.5, 0.6) is 0 Å². The van der Waals surface area contributed by atoms with Crippen LogP contribution in [0.25, 0.3) is 16.7 Å². The van der Waals surface area contributed by atoms with Crippen LogP contribution in [0.3, 0.4) is 0 Å². The van der Waals surface area contributed by atoms with E-state index in [9.17, 15) is 9.59 Å². The number of rotatable bonds is 9. The Labute approximate surface area is 162 Å². The van der Waals surface area contributed by atoms with E-state index in [1.807, 2.05) is 47.5 Å². The topological polar surface area (TPSA) is 93.8 Å². The molecule has 2 heterocycles. The van der Waals surface area contributed by atoms with E-state index in [2.05, 4.69) is 15.5 Å². The van der Waals surface area contributed by atoms with E-state index in [1.54, 1.807) is 11.7 Å². The summed E-state index contributed by atoms with van der Waals surface area (Å²) < 4.78 is 8.48. The summed E-state index contributed by atoms with van der Waals surface area (Å²) in [4.78, 5) is 26.7. The molecule has 0 aliphatic carbocycles. The van der Waals surface area contributed by atoms with Gasteiger partial charge in [-0.05, 0) is 32.5 Å². The molecule has 0 radical (unpaired) electrons. The number of hydrogen-bond donors (Lipinski definition) is 1. The van der Waals surface area contributed by atoms with Gasteiger partial charge in [-0.2, -0.15) is 0 Å². The molecule has 2 aromatic heterocycles. The maximum absolute atomic E-state index is 12.7. The first-order chi connectivity index (χ1) is 13.6. The van der Waals surface area contributed by atoms with Gasteiger partial charge in [0.15, 0.2) is 5.82 Å². The quantitative estimate of drug-likeness (QED) is 0.543. The van der Waals surface area contributed by atoms with Gasteiger partial charge in [-0.15, -0.1) is 10.2 Å². The van der Waals surface area contributed by atoms with Crippen molar-refractivity contribution in [3.05, 3.63) is 40.4 Å². The largest absolute Gasteiger partial charge is 0.385 e. The minimum atomic E-state index is -0.0756. The van der Waals surface area contributed by atoms with E-state index < -0.39 is 0 Å². The molecule has 9 nitrogen and oxygen atoms in total. The minimum Gasteiger partial charge on any atom is -0.385 e. The molecule has 1 amide bonds. The van der Waals surface area contributed by atoms with Crippen molar-refractivity contribution in [3.8, 4) is 0 Å². The molecular formula is C19H26N6O3. The second kappa shape index (κ2) is 8.94. The maximum Gasteiger partial charge on any atom is 0.262 e. The van der Waals surface area contributed by atoms with Crippen LogP contribution in [0, 0.1) is 0 Å². The molecule has 3 aromatic rings. The first kappa shape index (κ1) is 20.0. The zero-order valence-corrected chi connectivity index (χ0v) is 16.5. The number of fused-ring (bicyclic) bond motifs is 3. The summed E-state index contributed by atoms with van der Waals surface area (Å²) in [5.41, 5.74) is 0.693. The van der Waals surface area contributed by atoms with Gasteiger partial charge in [-0.25, -0.2) is 0 Å². The first-order valence-electron chi connectivity index (χ1n) is 9.36. The molecule has 0 aliphatic rings. The highest BCUT2D eigenvalue weighted by atomic mass is 16.5. The summed E-state index contributed by atoms with van der Waals surface area (Å²) in [6.45, 7) is 4.29. The molecule has 28 heavy (non-hydrogen) atoms. The highest BCUT2D eigenvalue weighted by Crippen LogP contribution is 2.15. The lowest BCUT2D eigenvalue weighted by atomic mass is 10.2. The van der Waals surface area contributed by atoms with Crippen molar-refractivity contribution in [1.82, 2.24) is 29.4 Å². The molecule has 1 aromatic carbocycles. The van der Waals surface area contributed by atoms with E-state index in [-0.39, 0.29) is 18.0 Å². The monoisotopic (exact) mass is 386 g/mol. The number of hydrogen-bond acceptors (Lipinski definition) is 6. The summed E-state index contributed by atoms with van der Waals surface area (Å²) in [7, 11) is 3.49. The van der Waals surface area contributed by atoms with Gasteiger partial charge < -0.3 is 10.1 Å². The number of carbonyl (C=O) groups is 1. The average molecular weight is 386 g/mol. The molecule has 0 fully saturated rings. The summed E-state index contributed by atoms with van der Waals surface area (Å²) >= 11 is 0. The number of para-hydroxylation sites is 1. The lowest BCUT2D eigenvalue weighted by molar-refractivity contribution is -0.122. The molecule has 0 aliphatic heterocycles. The molecule has 1 N–H and O–H groups in total. The highest BCUT2D eigenvalue weighted by molar-refractivity contribution is 5.80. The predicted molar refractivity (Wildman–Crippen MR) is 106 cm³/mol. The molecule has 9 heteroatoms. The second-order valence-electron chi connectivity index (χ2n) is 6.69. The van der Waals surface area contributed by atoms with Crippen LogP contribution in [0.2, 0.25) is 0 Å². The van der Waals surface area contributed by atoms with E-state index in [1.165, 1.54) is 0 Å². The van der Waals surface area contributed by atoms with Crippen molar-refractivity contribution >= 4 is 22.6 Å². The standard InChI is InChI=1S/C19H26N6O3/c1-4-24-18(27)14-8-5-6-9-15(14)25-16(21-22-19(24)25)12-23(2)13-17(26)20-10-7-11-28-3/h5-6,8-9H,4,7,10-13H2,1-3H3,(H,20,26). The normalized spacial score (nSPS) is 11.6. The fourth-order valence-electron chi connectivity index (χ4n) is 3.24. The van der Waals surface area contributed by atoms with Crippen LogP contribution in [0.15, 0.2) is 29.1 Å². The van der Waals surface area contributed by atoms with Gasteiger partial charge in [0.2, 0.25) is 11.7 Å². The van der Waals surface area contributed by atoms with E-state index >= 15 is 0 Å². The summed E-state index contributed by atoms with van der Waals surface area (Å²) in [5, 5.41) is 12.0. The highest BCUT2D eigenvalue weighted by Gasteiger charge is 2.17. The molecule has 0 atom stereocenters. The third-order valence-electron chi connectivity index (χ3n) is 4.56. The number of carbonyl (C=O) groups excluding carboxylic acids is 1. The number of aromatic nitrogens is 4. The Balaban J connectivity index is 1.83. The van der Waals surface area contributed by atoms with Crippen LogP contribution >= 0.6 is 0 Å². The lowest BCUT2D eigenvalue weighted by Gasteiger charge is -2.16. The number of aryl methyl sites for hydroxylation is 1. The molecule has 150 valence electrons. The Bertz CT molecular complexity index is 1030. The third-order valence-corrected chi connectivity index (χ3v) is 4.56. The van der Waals surface area contributed by atoms with Crippen LogP contribution in [0.4, 0.5) is 0 Å². The van der Waals surface area contributed by atoms with Crippen molar-refractivity contribution in [1.29, 1.82) is 0 Å². The lowest BCUT2D eigenvalue weighted by Crippen LogP contribution is -2.36. The number of methoxy groups -OCH3 is 1. The molecule has 0 saturated heterocycles. The Hall–Kier alpha value is -2.78. The number of benzene rings is 1. The fourth-order valence-corrected chi connectivity index (χ4v) is 3.24.